The highest BCUT2D eigenvalue weighted by molar-refractivity contribution is 5.76. The molecular formula is C67H127NO5. The van der Waals surface area contributed by atoms with Crippen molar-refractivity contribution in [3.8, 4) is 0 Å². The molecule has 430 valence electrons. The second kappa shape index (κ2) is 62.6. The van der Waals surface area contributed by atoms with Crippen molar-refractivity contribution in [1.29, 1.82) is 0 Å². The van der Waals surface area contributed by atoms with Crippen LogP contribution in [0.5, 0.6) is 0 Å². The van der Waals surface area contributed by atoms with Crippen LogP contribution in [0.4, 0.5) is 0 Å². The number of hydrogen-bond donors (Lipinski definition) is 3. The summed E-state index contributed by atoms with van der Waals surface area (Å²) < 4.78 is 5.48. The lowest BCUT2D eigenvalue weighted by molar-refractivity contribution is -0.143. The molecule has 0 aromatic carbocycles. The highest BCUT2D eigenvalue weighted by atomic mass is 16.5. The van der Waals surface area contributed by atoms with Gasteiger partial charge in [0.05, 0.1) is 25.4 Å². The zero-order valence-corrected chi connectivity index (χ0v) is 49.1. The number of ether oxygens (including phenoxy) is 1. The third-order valence-electron chi connectivity index (χ3n) is 15.2. The van der Waals surface area contributed by atoms with E-state index in [4.69, 9.17) is 4.74 Å². The summed E-state index contributed by atoms with van der Waals surface area (Å²) >= 11 is 0. The first kappa shape index (κ1) is 71.1. The van der Waals surface area contributed by atoms with Crippen LogP contribution in [0.15, 0.2) is 36.5 Å². The quantitative estimate of drug-likeness (QED) is 0.0320. The van der Waals surface area contributed by atoms with E-state index < -0.39 is 12.1 Å². The van der Waals surface area contributed by atoms with Crippen LogP contribution in [-0.4, -0.2) is 47.4 Å². The van der Waals surface area contributed by atoms with Crippen LogP contribution < -0.4 is 5.32 Å². The molecule has 0 fully saturated rings. The van der Waals surface area contributed by atoms with Crippen LogP contribution in [0.1, 0.15) is 354 Å². The molecule has 0 aromatic heterocycles. The Bertz CT molecular complexity index is 1180. The Kier molecular flexibility index (Phi) is 61.0. The molecule has 6 heteroatoms. The van der Waals surface area contributed by atoms with E-state index >= 15 is 0 Å². The number of nitrogens with one attached hydrogen (secondary N) is 1. The number of carbonyl (C=O) groups excluding carboxylic acids is 2. The Morgan fingerprint density at radius 1 is 0.384 bits per heavy atom. The topological polar surface area (TPSA) is 95.9 Å². The average molecular weight is 1030 g/mol. The second-order valence-electron chi connectivity index (χ2n) is 22.4. The summed E-state index contributed by atoms with van der Waals surface area (Å²) in [6, 6.07) is -0.544. The van der Waals surface area contributed by atoms with Crippen LogP contribution in [0.2, 0.25) is 0 Å². The van der Waals surface area contributed by atoms with Gasteiger partial charge in [0.1, 0.15) is 0 Å². The number of hydrogen-bond acceptors (Lipinski definition) is 5. The van der Waals surface area contributed by atoms with Gasteiger partial charge in [-0.05, 0) is 83.5 Å². The van der Waals surface area contributed by atoms with Gasteiger partial charge in [-0.25, -0.2) is 0 Å². The first-order chi connectivity index (χ1) is 36.0. The summed E-state index contributed by atoms with van der Waals surface area (Å²) in [4.78, 5) is 24.5. The van der Waals surface area contributed by atoms with E-state index in [1.165, 1.54) is 270 Å². The maximum absolute atomic E-state index is 12.5. The smallest absolute Gasteiger partial charge is 0.305 e. The maximum atomic E-state index is 12.5. The molecule has 0 rings (SSSR count). The zero-order valence-electron chi connectivity index (χ0n) is 49.1. The molecule has 0 spiro atoms. The van der Waals surface area contributed by atoms with Gasteiger partial charge >= 0.3 is 5.97 Å². The van der Waals surface area contributed by atoms with Crippen LogP contribution in [0.3, 0.4) is 0 Å². The number of aliphatic hydroxyl groups is 2. The number of esters is 1. The summed E-state index contributed by atoms with van der Waals surface area (Å²) in [5.41, 5.74) is 0. The molecule has 0 aliphatic carbocycles. The fraction of sp³-hybridized carbons (Fsp3) is 0.881. The number of aliphatic hydroxyl groups excluding tert-OH is 2. The van der Waals surface area contributed by atoms with Crippen molar-refractivity contribution in [3.05, 3.63) is 36.5 Å². The molecule has 1 amide bonds. The maximum Gasteiger partial charge on any atom is 0.305 e. The lowest BCUT2D eigenvalue weighted by atomic mass is 10.0. The Morgan fingerprint density at radius 3 is 1.05 bits per heavy atom. The van der Waals surface area contributed by atoms with Crippen LogP contribution in [-0.2, 0) is 14.3 Å². The van der Waals surface area contributed by atoms with Crippen molar-refractivity contribution in [3.63, 3.8) is 0 Å². The number of carbonyl (C=O) groups is 2. The fourth-order valence-corrected chi connectivity index (χ4v) is 10.1. The van der Waals surface area contributed by atoms with Gasteiger partial charge in [-0.15, -0.1) is 0 Å². The minimum atomic E-state index is -0.666. The molecule has 0 bridgehead atoms. The summed E-state index contributed by atoms with van der Waals surface area (Å²) in [6.45, 7) is 4.95. The van der Waals surface area contributed by atoms with Crippen molar-refractivity contribution in [1.82, 2.24) is 5.32 Å². The first-order valence-corrected chi connectivity index (χ1v) is 32.7. The third-order valence-corrected chi connectivity index (χ3v) is 15.2. The summed E-state index contributed by atoms with van der Waals surface area (Å²) in [5, 5.41) is 23.3. The monoisotopic (exact) mass is 1030 g/mol. The largest absolute Gasteiger partial charge is 0.466 e. The van der Waals surface area contributed by atoms with Gasteiger partial charge in [-0.2, -0.15) is 0 Å². The molecular weight excluding hydrogens is 899 g/mol. The van der Waals surface area contributed by atoms with Gasteiger partial charge in [0.25, 0.3) is 0 Å². The van der Waals surface area contributed by atoms with Gasteiger partial charge in [0.2, 0.25) is 5.91 Å². The molecule has 6 nitrogen and oxygen atoms in total. The van der Waals surface area contributed by atoms with Gasteiger partial charge in [-0.3, -0.25) is 9.59 Å². The van der Waals surface area contributed by atoms with Crippen molar-refractivity contribution < 1.29 is 24.5 Å². The third kappa shape index (κ3) is 59.2. The van der Waals surface area contributed by atoms with Gasteiger partial charge in [0, 0.05) is 12.8 Å². The van der Waals surface area contributed by atoms with E-state index in [1.54, 1.807) is 0 Å². The van der Waals surface area contributed by atoms with Crippen molar-refractivity contribution in [2.75, 3.05) is 13.2 Å². The highest BCUT2D eigenvalue weighted by Crippen LogP contribution is 2.18. The minimum absolute atomic E-state index is 0.00223. The van der Waals surface area contributed by atoms with Crippen molar-refractivity contribution >= 4 is 11.9 Å². The Hall–Kier alpha value is -1.92. The predicted molar refractivity (Wildman–Crippen MR) is 319 cm³/mol. The molecule has 0 radical (unpaired) electrons. The summed E-state index contributed by atoms with van der Waals surface area (Å²) in [7, 11) is 0. The van der Waals surface area contributed by atoms with Crippen LogP contribution in [0, 0.1) is 0 Å². The van der Waals surface area contributed by atoms with E-state index in [-0.39, 0.29) is 18.5 Å². The highest BCUT2D eigenvalue weighted by Gasteiger charge is 2.20. The molecule has 0 aliphatic rings. The van der Waals surface area contributed by atoms with Crippen molar-refractivity contribution in [2.24, 2.45) is 0 Å². The lowest BCUT2D eigenvalue weighted by Crippen LogP contribution is -2.45. The average Bonchev–Trinajstić information content (AvgIpc) is 3.39. The molecule has 3 N–H and O–H groups in total. The Morgan fingerprint density at radius 2 is 0.685 bits per heavy atom. The number of amides is 1. The second-order valence-corrected chi connectivity index (χ2v) is 22.4. The molecule has 2 unspecified atom stereocenters. The standard InChI is InChI=1S/C67H127NO5/c1-3-5-7-9-11-13-15-17-32-35-39-43-47-51-55-59-65(70)64(63-69)68-66(71)60-56-52-48-44-40-36-33-30-28-26-24-22-20-19-21-23-25-27-29-31-34-38-42-46-50-54-58-62-73-67(72)61-57-53-49-45-41-37-18-16-14-12-10-8-6-4-2/h16,18-20,23,25,64-65,69-70H,3-15,17,21-22,24,26-63H2,1-2H3,(H,68,71)/b18-16-,20-19-,25-23-. The molecule has 0 aliphatic heterocycles. The SMILES string of the molecule is CCCCCCC/C=C\CCCCCCCC(=O)OCCCCCCCCCCC/C=C\C/C=C\CCCCCCCCCCCCCC(=O)NC(CO)C(O)CCCCCCCCCCCCCCCCC. The lowest BCUT2D eigenvalue weighted by Gasteiger charge is -2.22. The Labute approximate surface area is 455 Å². The van der Waals surface area contributed by atoms with Gasteiger partial charge in [-0.1, -0.05) is 294 Å². The van der Waals surface area contributed by atoms with Crippen LogP contribution in [0.25, 0.3) is 0 Å². The summed E-state index contributed by atoms with van der Waals surface area (Å²) in [6.07, 6.45) is 78.8. The molecule has 0 heterocycles. The van der Waals surface area contributed by atoms with E-state index in [2.05, 4.69) is 55.6 Å². The number of unbranched alkanes of at least 4 members (excludes halogenated alkanes) is 44. The molecule has 0 aromatic rings. The summed E-state index contributed by atoms with van der Waals surface area (Å²) in [5.74, 6) is -0.0342. The van der Waals surface area contributed by atoms with E-state index in [0.29, 0.717) is 25.9 Å². The van der Waals surface area contributed by atoms with Crippen LogP contribution >= 0.6 is 0 Å². The zero-order chi connectivity index (χ0) is 52.9. The van der Waals surface area contributed by atoms with E-state index in [9.17, 15) is 19.8 Å². The first-order valence-electron chi connectivity index (χ1n) is 32.7. The fourth-order valence-electron chi connectivity index (χ4n) is 10.1. The van der Waals surface area contributed by atoms with Gasteiger partial charge in [0.15, 0.2) is 0 Å². The normalized spacial score (nSPS) is 12.8. The molecule has 2 atom stereocenters. The molecule has 0 saturated carbocycles. The van der Waals surface area contributed by atoms with E-state index in [0.717, 1.165) is 51.4 Å². The molecule has 73 heavy (non-hydrogen) atoms. The minimum Gasteiger partial charge on any atom is -0.466 e. The number of rotatable bonds is 61. The van der Waals surface area contributed by atoms with Gasteiger partial charge < -0.3 is 20.3 Å². The van der Waals surface area contributed by atoms with Crippen molar-refractivity contribution in [2.45, 2.75) is 366 Å². The predicted octanol–water partition coefficient (Wildman–Crippen LogP) is 20.8. The Balaban J connectivity index is 3.42. The number of allylic oxidation sites excluding steroid dienone is 6. The van der Waals surface area contributed by atoms with E-state index in [1.807, 2.05) is 0 Å². The molecule has 0 saturated heterocycles.